The van der Waals surface area contributed by atoms with E-state index in [2.05, 4.69) is 0 Å². The molecule has 31 heavy (non-hydrogen) atoms. The van der Waals surface area contributed by atoms with Crippen LogP contribution in [-0.4, -0.2) is 17.9 Å². The Morgan fingerprint density at radius 3 is 2.52 bits per heavy atom. The fourth-order valence-electron chi connectivity index (χ4n) is 4.08. The highest BCUT2D eigenvalue weighted by atomic mass is 19.1. The van der Waals surface area contributed by atoms with Gasteiger partial charge in [-0.05, 0) is 47.5 Å². The van der Waals surface area contributed by atoms with Gasteiger partial charge in [-0.15, -0.1) is 0 Å². The molecule has 6 heteroatoms. The number of methoxy groups -OCH3 is 1. The number of hydrogen-bond acceptors (Lipinski definition) is 4. The van der Waals surface area contributed by atoms with Crippen molar-refractivity contribution in [2.24, 2.45) is 0 Å². The fourth-order valence-corrected chi connectivity index (χ4v) is 4.08. The monoisotopic (exact) mass is 415 g/mol. The zero-order chi connectivity index (χ0) is 21.5. The third kappa shape index (κ3) is 3.17. The van der Waals surface area contributed by atoms with Crippen LogP contribution in [0.4, 0.5) is 4.39 Å². The van der Waals surface area contributed by atoms with Crippen LogP contribution >= 0.6 is 0 Å². The molecule has 0 bridgehead atoms. The molecule has 2 heterocycles. The second kappa shape index (κ2) is 7.40. The van der Waals surface area contributed by atoms with E-state index in [9.17, 15) is 14.0 Å². The highest BCUT2D eigenvalue weighted by molar-refractivity contribution is 5.99. The van der Waals surface area contributed by atoms with Crippen molar-refractivity contribution in [1.29, 1.82) is 0 Å². The predicted molar refractivity (Wildman–Crippen MR) is 114 cm³/mol. The van der Waals surface area contributed by atoms with E-state index < -0.39 is 17.8 Å². The summed E-state index contributed by atoms with van der Waals surface area (Å²) in [5.41, 5.74) is 1.67. The summed E-state index contributed by atoms with van der Waals surface area (Å²) >= 11 is 0. The molecule has 3 aromatic carbocycles. The number of hydrogen-bond donors (Lipinski definition) is 0. The van der Waals surface area contributed by atoms with E-state index in [1.54, 1.807) is 60.5 Å². The highest BCUT2D eigenvalue weighted by Gasteiger charge is 2.42. The average Bonchev–Trinajstić information content (AvgIpc) is 3.06. The largest absolute Gasteiger partial charge is 0.497 e. The molecule has 0 unspecified atom stereocenters. The van der Waals surface area contributed by atoms with Gasteiger partial charge in [0.2, 0.25) is 5.76 Å². The highest BCUT2D eigenvalue weighted by Crippen LogP contribution is 2.39. The van der Waals surface area contributed by atoms with E-state index in [4.69, 9.17) is 9.15 Å². The second-order valence-corrected chi connectivity index (χ2v) is 7.41. The standard InChI is InChI=1S/C25H18FNO4/c1-30-18-11-9-15(10-12-18)14-27-22(16-5-4-6-17(26)13-16)21-23(28)19-7-2-3-8-20(19)31-24(21)25(27)29/h2-13,22H,14H2,1H3/t22-/m0/s1. The lowest BCUT2D eigenvalue weighted by Crippen LogP contribution is -2.29. The maximum absolute atomic E-state index is 14.1. The minimum atomic E-state index is -0.749. The molecule has 1 amide bonds. The number of ether oxygens (including phenoxy) is 1. The van der Waals surface area contributed by atoms with Gasteiger partial charge in [-0.25, -0.2) is 4.39 Å². The first-order chi connectivity index (χ1) is 15.1. The van der Waals surface area contributed by atoms with Gasteiger partial charge < -0.3 is 14.1 Å². The van der Waals surface area contributed by atoms with Crippen LogP contribution in [0.25, 0.3) is 11.0 Å². The van der Waals surface area contributed by atoms with Crippen LogP contribution in [0.2, 0.25) is 0 Å². The lowest BCUT2D eigenvalue weighted by atomic mass is 9.98. The minimum absolute atomic E-state index is 0.00599. The Labute approximate surface area is 177 Å². The molecule has 4 aromatic rings. The molecule has 5 nitrogen and oxygen atoms in total. The molecule has 1 aliphatic rings. The summed E-state index contributed by atoms with van der Waals surface area (Å²) < 4.78 is 25.1. The summed E-state index contributed by atoms with van der Waals surface area (Å²) in [7, 11) is 1.58. The molecule has 0 radical (unpaired) electrons. The van der Waals surface area contributed by atoms with Gasteiger partial charge in [-0.1, -0.05) is 36.4 Å². The first-order valence-corrected chi connectivity index (χ1v) is 9.82. The van der Waals surface area contributed by atoms with Crippen LogP contribution in [0.5, 0.6) is 5.75 Å². The third-order valence-electron chi connectivity index (χ3n) is 5.55. The lowest BCUT2D eigenvalue weighted by Gasteiger charge is -2.25. The normalized spacial score (nSPS) is 15.4. The quantitative estimate of drug-likeness (QED) is 0.485. The van der Waals surface area contributed by atoms with E-state index in [-0.39, 0.29) is 23.3 Å². The van der Waals surface area contributed by atoms with E-state index in [1.807, 2.05) is 12.1 Å². The van der Waals surface area contributed by atoms with Gasteiger partial charge in [0.05, 0.1) is 24.1 Å². The van der Waals surface area contributed by atoms with Gasteiger partial charge >= 0.3 is 0 Å². The summed E-state index contributed by atoms with van der Waals surface area (Å²) in [6.07, 6.45) is 0. The van der Waals surface area contributed by atoms with E-state index >= 15 is 0 Å². The van der Waals surface area contributed by atoms with Crippen molar-refractivity contribution >= 4 is 16.9 Å². The van der Waals surface area contributed by atoms with Crippen molar-refractivity contribution in [3.8, 4) is 5.75 Å². The predicted octanol–water partition coefficient (Wildman–Crippen LogP) is 4.69. The van der Waals surface area contributed by atoms with E-state index in [0.717, 1.165) is 5.56 Å². The molecular formula is C25H18FNO4. The van der Waals surface area contributed by atoms with Gasteiger partial charge in [0, 0.05) is 6.54 Å². The smallest absolute Gasteiger partial charge is 0.291 e. The van der Waals surface area contributed by atoms with Crippen LogP contribution in [0.15, 0.2) is 82.0 Å². The Kier molecular flexibility index (Phi) is 4.55. The zero-order valence-corrected chi connectivity index (χ0v) is 16.7. The molecule has 1 aromatic heterocycles. The Morgan fingerprint density at radius 1 is 1.00 bits per heavy atom. The van der Waals surface area contributed by atoms with Crippen molar-refractivity contribution in [1.82, 2.24) is 4.90 Å². The van der Waals surface area contributed by atoms with Gasteiger partial charge in [-0.3, -0.25) is 9.59 Å². The minimum Gasteiger partial charge on any atom is -0.497 e. The number of benzene rings is 3. The van der Waals surface area contributed by atoms with Crippen LogP contribution in [-0.2, 0) is 6.54 Å². The average molecular weight is 415 g/mol. The summed E-state index contributed by atoms with van der Waals surface area (Å²) in [4.78, 5) is 28.3. The van der Waals surface area contributed by atoms with Crippen molar-refractivity contribution in [3.05, 3.63) is 111 Å². The summed E-state index contributed by atoms with van der Waals surface area (Å²) in [6.45, 7) is 0.226. The SMILES string of the molecule is COc1ccc(CN2C(=O)c3oc4ccccc4c(=O)c3[C@@H]2c2cccc(F)c2)cc1. The van der Waals surface area contributed by atoms with E-state index in [0.29, 0.717) is 22.3 Å². The van der Waals surface area contributed by atoms with Crippen molar-refractivity contribution in [2.75, 3.05) is 7.11 Å². The maximum atomic E-state index is 14.1. The molecule has 0 saturated carbocycles. The topological polar surface area (TPSA) is 59.8 Å². The molecule has 0 fully saturated rings. The van der Waals surface area contributed by atoms with Crippen LogP contribution < -0.4 is 10.2 Å². The number of carbonyl (C=O) groups excluding carboxylic acids is 1. The van der Waals surface area contributed by atoms with Gasteiger partial charge in [-0.2, -0.15) is 0 Å². The molecule has 154 valence electrons. The molecule has 5 rings (SSSR count). The third-order valence-corrected chi connectivity index (χ3v) is 5.55. The first kappa shape index (κ1) is 19.1. The lowest BCUT2D eigenvalue weighted by molar-refractivity contribution is 0.0714. The summed E-state index contributed by atoms with van der Waals surface area (Å²) in [5.74, 6) is -0.132. The summed E-state index contributed by atoms with van der Waals surface area (Å²) in [6, 6.07) is 19.3. The second-order valence-electron chi connectivity index (χ2n) is 7.41. The Hall–Kier alpha value is -3.93. The molecule has 1 atom stereocenters. The van der Waals surface area contributed by atoms with Crippen LogP contribution in [0.1, 0.15) is 33.3 Å². The van der Waals surface area contributed by atoms with Crippen molar-refractivity contribution in [3.63, 3.8) is 0 Å². The number of carbonyl (C=O) groups is 1. The first-order valence-electron chi connectivity index (χ1n) is 9.82. The number of fused-ring (bicyclic) bond motifs is 2. The summed E-state index contributed by atoms with van der Waals surface area (Å²) in [5, 5.41) is 0.391. The Morgan fingerprint density at radius 2 is 1.77 bits per heavy atom. The fraction of sp³-hybridized carbons (Fsp3) is 0.120. The molecule has 1 aliphatic heterocycles. The Bertz CT molecular complexity index is 1360. The molecular weight excluding hydrogens is 397 g/mol. The van der Waals surface area contributed by atoms with Crippen molar-refractivity contribution < 1.29 is 18.3 Å². The number of para-hydroxylation sites is 1. The molecule has 0 spiro atoms. The number of rotatable bonds is 4. The van der Waals surface area contributed by atoms with Gasteiger partial charge in [0.1, 0.15) is 17.1 Å². The zero-order valence-electron chi connectivity index (χ0n) is 16.7. The maximum Gasteiger partial charge on any atom is 0.291 e. The van der Waals surface area contributed by atoms with Crippen molar-refractivity contribution in [2.45, 2.75) is 12.6 Å². The number of halogens is 1. The van der Waals surface area contributed by atoms with Crippen LogP contribution in [0.3, 0.4) is 0 Å². The van der Waals surface area contributed by atoms with E-state index in [1.165, 1.54) is 12.1 Å². The number of nitrogens with zero attached hydrogens (tertiary/aromatic N) is 1. The molecule has 0 aliphatic carbocycles. The number of amides is 1. The van der Waals surface area contributed by atoms with Gasteiger partial charge in [0.15, 0.2) is 5.43 Å². The molecule has 0 saturated heterocycles. The van der Waals surface area contributed by atoms with Gasteiger partial charge in [0.25, 0.3) is 5.91 Å². The van der Waals surface area contributed by atoms with Crippen LogP contribution in [0, 0.1) is 5.82 Å². The Balaban J connectivity index is 1.69. The molecule has 0 N–H and O–H groups in total.